The molecular formula is C11H9Cl2N3O2. The maximum Gasteiger partial charge on any atom is 0.375 e. The molecule has 18 heavy (non-hydrogen) atoms. The highest BCUT2D eigenvalue weighted by Gasteiger charge is 2.14. The van der Waals surface area contributed by atoms with Gasteiger partial charge in [-0.05, 0) is 25.1 Å². The lowest BCUT2D eigenvalue weighted by molar-refractivity contribution is 0.0512. The smallest absolute Gasteiger partial charge is 0.375 e. The summed E-state index contributed by atoms with van der Waals surface area (Å²) in [6, 6.07) is 4.92. The van der Waals surface area contributed by atoms with Crippen LogP contribution in [0, 0.1) is 0 Å². The molecule has 0 amide bonds. The number of hydrogen-bond donors (Lipinski definition) is 1. The molecule has 0 radical (unpaired) electrons. The van der Waals surface area contributed by atoms with E-state index in [0.717, 1.165) is 0 Å². The van der Waals surface area contributed by atoms with Gasteiger partial charge in [0.2, 0.25) is 5.82 Å². The lowest BCUT2D eigenvalue weighted by atomic mass is 10.2. The molecule has 1 heterocycles. The van der Waals surface area contributed by atoms with E-state index in [0.29, 0.717) is 21.4 Å². The topological polar surface area (TPSA) is 67.9 Å². The summed E-state index contributed by atoms with van der Waals surface area (Å²) in [5.74, 6) is -0.172. The fourth-order valence-electron chi connectivity index (χ4n) is 1.36. The SMILES string of the molecule is CCOC(=O)c1nc(-c2cc(Cl)cc(Cl)c2)n[nH]1. The zero-order valence-electron chi connectivity index (χ0n) is 9.41. The minimum atomic E-state index is -0.552. The van der Waals surface area contributed by atoms with Crippen molar-refractivity contribution in [3.05, 3.63) is 34.1 Å². The lowest BCUT2D eigenvalue weighted by Crippen LogP contribution is -2.06. The largest absolute Gasteiger partial charge is 0.460 e. The van der Waals surface area contributed by atoms with E-state index in [2.05, 4.69) is 15.2 Å². The highest BCUT2D eigenvalue weighted by atomic mass is 35.5. The highest BCUT2D eigenvalue weighted by Crippen LogP contribution is 2.24. The van der Waals surface area contributed by atoms with Gasteiger partial charge >= 0.3 is 5.97 Å². The Morgan fingerprint density at radius 3 is 2.61 bits per heavy atom. The summed E-state index contributed by atoms with van der Waals surface area (Å²) in [6.07, 6.45) is 0. The normalized spacial score (nSPS) is 10.4. The van der Waals surface area contributed by atoms with Crippen LogP contribution in [0.5, 0.6) is 0 Å². The average Bonchev–Trinajstić information content (AvgIpc) is 2.77. The van der Waals surface area contributed by atoms with Crippen LogP contribution in [0.2, 0.25) is 10.0 Å². The molecule has 0 bridgehead atoms. The first-order valence-electron chi connectivity index (χ1n) is 5.16. The van der Waals surface area contributed by atoms with Gasteiger partial charge < -0.3 is 4.74 Å². The first-order chi connectivity index (χ1) is 8.60. The number of H-pyrrole nitrogens is 1. The fourth-order valence-corrected chi connectivity index (χ4v) is 1.89. The van der Waals surface area contributed by atoms with Gasteiger partial charge in [-0.1, -0.05) is 23.2 Å². The second-order valence-electron chi connectivity index (χ2n) is 3.39. The van der Waals surface area contributed by atoms with Crippen molar-refractivity contribution in [1.82, 2.24) is 15.2 Å². The number of rotatable bonds is 3. The van der Waals surface area contributed by atoms with E-state index in [1.165, 1.54) is 0 Å². The van der Waals surface area contributed by atoms with E-state index in [1.807, 2.05) is 0 Å². The predicted molar refractivity (Wildman–Crippen MR) is 67.8 cm³/mol. The van der Waals surface area contributed by atoms with Crippen molar-refractivity contribution in [2.45, 2.75) is 6.92 Å². The van der Waals surface area contributed by atoms with Crippen LogP contribution >= 0.6 is 23.2 Å². The molecule has 0 saturated carbocycles. The van der Waals surface area contributed by atoms with Gasteiger partial charge in [-0.3, -0.25) is 5.10 Å². The van der Waals surface area contributed by atoms with Gasteiger partial charge in [0.15, 0.2) is 5.82 Å². The van der Waals surface area contributed by atoms with Crippen molar-refractivity contribution in [2.75, 3.05) is 6.61 Å². The molecule has 1 N–H and O–H groups in total. The van der Waals surface area contributed by atoms with E-state index in [9.17, 15) is 4.79 Å². The molecule has 0 aliphatic rings. The molecule has 0 saturated heterocycles. The van der Waals surface area contributed by atoms with E-state index < -0.39 is 5.97 Å². The molecular weight excluding hydrogens is 277 g/mol. The third-order valence-electron chi connectivity index (χ3n) is 2.07. The zero-order chi connectivity index (χ0) is 13.1. The fraction of sp³-hybridized carbons (Fsp3) is 0.182. The Morgan fingerprint density at radius 1 is 1.33 bits per heavy atom. The van der Waals surface area contributed by atoms with Crippen molar-refractivity contribution in [3.8, 4) is 11.4 Å². The number of esters is 1. The predicted octanol–water partition coefficient (Wildman–Crippen LogP) is 2.96. The molecule has 0 atom stereocenters. The maximum atomic E-state index is 11.4. The molecule has 0 fully saturated rings. The van der Waals surface area contributed by atoms with Crippen molar-refractivity contribution >= 4 is 29.2 Å². The standard InChI is InChI=1S/C11H9Cl2N3O2/c1-2-18-11(17)10-14-9(15-16-10)6-3-7(12)5-8(13)4-6/h3-5H,2H2,1H3,(H,14,15,16). The molecule has 0 aliphatic heterocycles. The number of carbonyl (C=O) groups is 1. The Hall–Kier alpha value is -1.59. The summed E-state index contributed by atoms with van der Waals surface area (Å²) in [6.45, 7) is 1.99. The molecule has 1 aromatic heterocycles. The number of benzene rings is 1. The quantitative estimate of drug-likeness (QED) is 0.881. The van der Waals surface area contributed by atoms with Gasteiger partial charge in [0.1, 0.15) is 0 Å². The Balaban J connectivity index is 2.32. The van der Waals surface area contributed by atoms with Crippen molar-refractivity contribution in [3.63, 3.8) is 0 Å². The molecule has 2 rings (SSSR count). The second-order valence-corrected chi connectivity index (χ2v) is 4.26. The number of nitrogens with one attached hydrogen (secondary N) is 1. The van der Waals surface area contributed by atoms with Crippen LogP contribution in [-0.4, -0.2) is 27.8 Å². The number of ether oxygens (including phenoxy) is 1. The average molecular weight is 286 g/mol. The molecule has 2 aromatic rings. The van der Waals surface area contributed by atoms with Crippen LogP contribution in [0.3, 0.4) is 0 Å². The van der Waals surface area contributed by atoms with Gasteiger partial charge in [-0.2, -0.15) is 5.10 Å². The van der Waals surface area contributed by atoms with Gasteiger partial charge in [0, 0.05) is 15.6 Å². The molecule has 5 nitrogen and oxygen atoms in total. The molecule has 0 unspecified atom stereocenters. The van der Waals surface area contributed by atoms with E-state index in [4.69, 9.17) is 27.9 Å². The van der Waals surface area contributed by atoms with Crippen LogP contribution in [0.4, 0.5) is 0 Å². The summed E-state index contributed by atoms with van der Waals surface area (Å²) < 4.78 is 4.80. The Kier molecular flexibility index (Phi) is 3.84. The maximum absolute atomic E-state index is 11.4. The molecule has 0 aliphatic carbocycles. The third-order valence-corrected chi connectivity index (χ3v) is 2.51. The van der Waals surface area contributed by atoms with Crippen LogP contribution in [0.15, 0.2) is 18.2 Å². The Bertz CT molecular complexity index is 563. The minimum Gasteiger partial charge on any atom is -0.460 e. The highest BCUT2D eigenvalue weighted by molar-refractivity contribution is 6.35. The summed E-state index contributed by atoms with van der Waals surface area (Å²) in [5.41, 5.74) is 0.624. The number of carbonyl (C=O) groups excluding carboxylic acids is 1. The van der Waals surface area contributed by atoms with Crippen LogP contribution in [-0.2, 0) is 4.74 Å². The Morgan fingerprint density at radius 2 is 2.00 bits per heavy atom. The van der Waals surface area contributed by atoms with Gasteiger partial charge in [-0.25, -0.2) is 9.78 Å². The van der Waals surface area contributed by atoms with E-state index in [1.54, 1.807) is 25.1 Å². The molecule has 0 spiro atoms. The first kappa shape index (κ1) is 12.9. The second kappa shape index (κ2) is 5.37. The zero-order valence-corrected chi connectivity index (χ0v) is 10.9. The van der Waals surface area contributed by atoms with E-state index in [-0.39, 0.29) is 12.4 Å². The third kappa shape index (κ3) is 2.80. The van der Waals surface area contributed by atoms with E-state index >= 15 is 0 Å². The number of hydrogen-bond acceptors (Lipinski definition) is 4. The number of aromatic amines is 1. The number of aromatic nitrogens is 3. The lowest BCUT2D eigenvalue weighted by Gasteiger charge is -1.98. The number of nitrogens with zero attached hydrogens (tertiary/aromatic N) is 2. The first-order valence-corrected chi connectivity index (χ1v) is 5.91. The summed E-state index contributed by atoms with van der Waals surface area (Å²) in [5, 5.41) is 7.37. The Labute approximate surface area is 113 Å². The summed E-state index contributed by atoms with van der Waals surface area (Å²) in [4.78, 5) is 15.4. The number of halogens is 2. The molecule has 94 valence electrons. The van der Waals surface area contributed by atoms with Gasteiger partial charge in [0.25, 0.3) is 0 Å². The van der Waals surface area contributed by atoms with Crippen LogP contribution in [0.1, 0.15) is 17.5 Å². The summed E-state index contributed by atoms with van der Waals surface area (Å²) in [7, 11) is 0. The van der Waals surface area contributed by atoms with Crippen molar-refractivity contribution in [2.24, 2.45) is 0 Å². The minimum absolute atomic E-state index is 0.0444. The van der Waals surface area contributed by atoms with Crippen molar-refractivity contribution < 1.29 is 9.53 Å². The summed E-state index contributed by atoms with van der Waals surface area (Å²) >= 11 is 11.8. The van der Waals surface area contributed by atoms with Crippen molar-refractivity contribution in [1.29, 1.82) is 0 Å². The van der Waals surface area contributed by atoms with Gasteiger partial charge in [0.05, 0.1) is 6.61 Å². The van der Waals surface area contributed by atoms with Crippen LogP contribution < -0.4 is 0 Å². The van der Waals surface area contributed by atoms with Gasteiger partial charge in [-0.15, -0.1) is 0 Å². The molecule has 7 heteroatoms. The monoisotopic (exact) mass is 285 g/mol. The molecule has 1 aromatic carbocycles. The van der Waals surface area contributed by atoms with Crippen LogP contribution in [0.25, 0.3) is 11.4 Å².